The van der Waals surface area contributed by atoms with Gasteiger partial charge >= 0.3 is 0 Å². The second kappa shape index (κ2) is 16.9. The first kappa shape index (κ1) is 36.5. The Balaban J connectivity index is 0. The largest absolute Gasteiger partial charge is 0.398 e. The van der Waals surface area contributed by atoms with Gasteiger partial charge in [0, 0.05) is 48.9 Å². The lowest BCUT2D eigenvalue weighted by molar-refractivity contribution is -0.0980. The normalized spacial score (nSPS) is 12.9. The first-order chi connectivity index (χ1) is 17.1. The van der Waals surface area contributed by atoms with E-state index in [2.05, 4.69) is 65.2 Å². The molecule has 0 radical (unpaired) electrons. The highest BCUT2D eigenvalue weighted by molar-refractivity contribution is 5.74. The fraction of sp³-hybridized carbons (Fsp3) is 0.594. The van der Waals surface area contributed by atoms with Gasteiger partial charge in [-0.25, -0.2) is 0 Å². The van der Waals surface area contributed by atoms with E-state index < -0.39 is 0 Å². The maximum Gasteiger partial charge on any atom is 0.106 e. The van der Waals surface area contributed by atoms with Crippen LogP contribution in [0.15, 0.2) is 0 Å². The zero-order valence-corrected chi connectivity index (χ0v) is 25.4. The molecule has 5 nitrogen and oxygen atoms in total. The lowest BCUT2D eigenvalue weighted by atomic mass is 9.94. The molecule has 2 heterocycles. The van der Waals surface area contributed by atoms with Crippen LogP contribution in [0.1, 0.15) is 92.5 Å². The van der Waals surface area contributed by atoms with Crippen LogP contribution in [-0.4, -0.2) is 33.0 Å². The molecule has 4 rings (SSSR count). The predicted molar refractivity (Wildman–Crippen MR) is 170 cm³/mol. The molecule has 2 aliphatic rings. The monoisotopic (exact) mass is 514 g/mol. The second-order valence-electron chi connectivity index (χ2n) is 9.21. The molecule has 5 heteroatoms. The minimum Gasteiger partial charge on any atom is -0.398 e. The van der Waals surface area contributed by atoms with E-state index in [4.69, 9.17) is 16.3 Å². The van der Waals surface area contributed by atoms with Crippen molar-refractivity contribution in [2.24, 2.45) is 0 Å². The fourth-order valence-electron chi connectivity index (χ4n) is 4.67. The van der Waals surface area contributed by atoms with E-state index in [9.17, 15) is 0 Å². The standard InChI is InChI=1S/2C13H20N2.2C2H6.CH2O.CH4/c2*1-8-10(3)13(15-6-5-7-15)11(4)9(2)12(8)14;3*1-2;/h2*5-7,14H2,1-4H3;2*1-2H3;1H2;1H4. The van der Waals surface area contributed by atoms with Crippen molar-refractivity contribution in [2.75, 3.05) is 47.4 Å². The molecular formula is C32H58N4O. The highest BCUT2D eigenvalue weighted by Crippen LogP contribution is 2.37. The van der Waals surface area contributed by atoms with Crippen LogP contribution in [0.2, 0.25) is 0 Å². The first-order valence-electron chi connectivity index (χ1n) is 13.6. The SMILES string of the molecule is C.C=O.CC.CC.Cc1c(C)c(N2CCC2)c(C)c(C)c1N.Cc1c(C)c(N2CCC2)c(C)c(C)c1N. The lowest BCUT2D eigenvalue weighted by Gasteiger charge is -2.37. The third-order valence-corrected chi connectivity index (χ3v) is 7.63. The Morgan fingerprint density at radius 2 is 0.676 bits per heavy atom. The maximum atomic E-state index is 8.00. The summed E-state index contributed by atoms with van der Waals surface area (Å²) in [6.07, 6.45) is 2.64. The number of nitrogens with zero attached hydrogens (tertiary/aromatic N) is 2. The van der Waals surface area contributed by atoms with Gasteiger partial charge in [0.25, 0.3) is 0 Å². The number of nitrogens with two attached hydrogens (primary N) is 2. The van der Waals surface area contributed by atoms with Crippen molar-refractivity contribution in [3.63, 3.8) is 0 Å². The average Bonchev–Trinajstić information content (AvgIpc) is 2.86. The quantitative estimate of drug-likeness (QED) is 0.398. The number of benzene rings is 2. The van der Waals surface area contributed by atoms with Crippen molar-refractivity contribution in [1.29, 1.82) is 0 Å². The fourth-order valence-corrected chi connectivity index (χ4v) is 4.67. The van der Waals surface area contributed by atoms with E-state index in [1.807, 2.05) is 34.5 Å². The number of anilines is 4. The number of nitrogen functional groups attached to an aromatic ring is 2. The number of carbonyl (C=O) groups is 1. The molecule has 0 saturated carbocycles. The summed E-state index contributed by atoms with van der Waals surface area (Å²) in [5.41, 5.74) is 27.4. The number of rotatable bonds is 2. The van der Waals surface area contributed by atoms with Gasteiger partial charge in [0.15, 0.2) is 0 Å². The Morgan fingerprint density at radius 1 is 0.486 bits per heavy atom. The van der Waals surface area contributed by atoms with Crippen molar-refractivity contribution in [3.8, 4) is 0 Å². The molecule has 0 spiro atoms. The van der Waals surface area contributed by atoms with Gasteiger partial charge in [-0.05, 0) is 113 Å². The van der Waals surface area contributed by atoms with Gasteiger partial charge in [0.2, 0.25) is 0 Å². The van der Waals surface area contributed by atoms with Crippen molar-refractivity contribution >= 4 is 29.5 Å². The van der Waals surface area contributed by atoms with E-state index in [-0.39, 0.29) is 7.43 Å². The van der Waals surface area contributed by atoms with E-state index in [1.54, 1.807) is 0 Å². The molecule has 0 bridgehead atoms. The van der Waals surface area contributed by atoms with Crippen LogP contribution in [0.25, 0.3) is 0 Å². The average molecular weight is 515 g/mol. The highest BCUT2D eigenvalue weighted by atomic mass is 16.1. The molecule has 212 valence electrons. The number of carbonyl (C=O) groups excluding carboxylic acids is 1. The van der Waals surface area contributed by atoms with Crippen LogP contribution < -0.4 is 21.3 Å². The smallest absolute Gasteiger partial charge is 0.106 e. The third kappa shape index (κ3) is 7.66. The van der Waals surface area contributed by atoms with Gasteiger partial charge in [-0.3, -0.25) is 0 Å². The van der Waals surface area contributed by atoms with Crippen molar-refractivity contribution < 1.29 is 4.79 Å². The summed E-state index contributed by atoms with van der Waals surface area (Å²) in [5, 5.41) is 0. The highest BCUT2D eigenvalue weighted by Gasteiger charge is 2.23. The van der Waals surface area contributed by atoms with Crippen LogP contribution in [0.5, 0.6) is 0 Å². The molecule has 0 atom stereocenters. The molecule has 0 unspecified atom stereocenters. The molecule has 2 fully saturated rings. The summed E-state index contributed by atoms with van der Waals surface area (Å²) in [6, 6.07) is 0. The molecular weight excluding hydrogens is 456 g/mol. The van der Waals surface area contributed by atoms with Crippen molar-refractivity contribution in [2.45, 2.75) is 103 Å². The summed E-state index contributed by atoms with van der Waals surface area (Å²) < 4.78 is 0. The summed E-state index contributed by atoms with van der Waals surface area (Å²) in [7, 11) is 0. The van der Waals surface area contributed by atoms with E-state index >= 15 is 0 Å². The number of hydrogen-bond donors (Lipinski definition) is 2. The van der Waals surface area contributed by atoms with E-state index in [0.717, 1.165) is 11.4 Å². The molecule has 2 aromatic carbocycles. The lowest BCUT2D eigenvalue weighted by Crippen LogP contribution is -2.38. The molecule has 2 aliphatic heterocycles. The zero-order chi connectivity index (χ0) is 28.3. The molecule has 0 aliphatic carbocycles. The Labute approximate surface area is 229 Å². The molecule has 37 heavy (non-hydrogen) atoms. The molecule has 2 saturated heterocycles. The van der Waals surface area contributed by atoms with Gasteiger partial charge in [0.05, 0.1) is 0 Å². The van der Waals surface area contributed by atoms with Crippen molar-refractivity contribution in [1.82, 2.24) is 0 Å². The Morgan fingerprint density at radius 3 is 0.811 bits per heavy atom. The van der Waals surface area contributed by atoms with Crippen LogP contribution in [-0.2, 0) is 4.79 Å². The Kier molecular flexibility index (Phi) is 16.7. The van der Waals surface area contributed by atoms with Crippen LogP contribution in [0, 0.1) is 55.4 Å². The Bertz CT molecular complexity index is 852. The van der Waals surface area contributed by atoms with E-state index in [1.165, 1.54) is 94.9 Å². The molecule has 2 aromatic rings. The van der Waals surface area contributed by atoms with Crippen LogP contribution in [0.4, 0.5) is 22.7 Å². The van der Waals surface area contributed by atoms with Crippen molar-refractivity contribution in [3.05, 3.63) is 44.5 Å². The Hall–Kier alpha value is -2.69. The summed E-state index contributed by atoms with van der Waals surface area (Å²) >= 11 is 0. The summed E-state index contributed by atoms with van der Waals surface area (Å²) in [5.74, 6) is 0. The topological polar surface area (TPSA) is 75.6 Å². The zero-order valence-electron chi connectivity index (χ0n) is 25.4. The van der Waals surface area contributed by atoms with Crippen LogP contribution >= 0.6 is 0 Å². The number of hydrogen-bond acceptors (Lipinski definition) is 5. The summed E-state index contributed by atoms with van der Waals surface area (Å²) in [6.45, 7) is 32.0. The second-order valence-corrected chi connectivity index (χ2v) is 9.21. The molecule has 0 amide bonds. The van der Waals surface area contributed by atoms with Gasteiger partial charge in [-0.2, -0.15) is 0 Å². The maximum absolute atomic E-state index is 8.00. The molecule has 0 aromatic heterocycles. The summed E-state index contributed by atoms with van der Waals surface area (Å²) in [4.78, 5) is 12.9. The predicted octanol–water partition coefficient (Wildman–Crippen LogP) is 7.93. The van der Waals surface area contributed by atoms with Crippen LogP contribution in [0.3, 0.4) is 0 Å². The van der Waals surface area contributed by atoms with E-state index in [0.29, 0.717) is 0 Å². The minimum atomic E-state index is 0. The van der Waals surface area contributed by atoms with Gasteiger partial charge in [-0.15, -0.1) is 0 Å². The van der Waals surface area contributed by atoms with Gasteiger partial charge < -0.3 is 26.1 Å². The third-order valence-electron chi connectivity index (χ3n) is 7.63. The first-order valence-corrected chi connectivity index (χ1v) is 13.6. The minimum absolute atomic E-state index is 0. The molecule has 4 N–H and O–H groups in total. The van der Waals surface area contributed by atoms with Gasteiger partial charge in [0.1, 0.15) is 6.79 Å². The van der Waals surface area contributed by atoms with Gasteiger partial charge in [-0.1, -0.05) is 35.1 Å².